The summed E-state index contributed by atoms with van der Waals surface area (Å²) in [7, 11) is -4.03. The van der Waals surface area contributed by atoms with Gasteiger partial charge in [-0.25, -0.2) is 8.42 Å². The third-order valence-corrected chi connectivity index (χ3v) is 9.37. The fourth-order valence-corrected chi connectivity index (χ4v) is 6.85. The van der Waals surface area contributed by atoms with E-state index in [1.54, 1.807) is 41.3 Å². The Kier molecular flexibility index (Phi) is 9.17. The molecule has 1 heterocycles. The highest BCUT2D eigenvalue weighted by Crippen LogP contribution is 2.43. The first kappa shape index (κ1) is 31.7. The number of hydrogen-bond acceptors (Lipinski definition) is 6. The van der Waals surface area contributed by atoms with Gasteiger partial charge in [0.15, 0.2) is 0 Å². The van der Waals surface area contributed by atoms with E-state index in [1.807, 2.05) is 99.6 Å². The molecule has 0 spiro atoms. The number of nitrogens with zero attached hydrogens (tertiary/aromatic N) is 2. The van der Waals surface area contributed by atoms with Gasteiger partial charge in [-0.05, 0) is 98.6 Å². The maximum absolute atomic E-state index is 14.6. The van der Waals surface area contributed by atoms with E-state index >= 15 is 0 Å². The molecule has 0 saturated carbocycles. The predicted molar refractivity (Wildman–Crippen MR) is 186 cm³/mol. The Bertz CT molecular complexity index is 1950. The number of rotatable bonds is 11. The van der Waals surface area contributed by atoms with Gasteiger partial charge in [-0.2, -0.15) is 0 Å². The quantitative estimate of drug-likeness (QED) is 0.157. The molecule has 1 N–H and O–H groups in total. The lowest BCUT2D eigenvalue weighted by atomic mass is 9.98. The van der Waals surface area contributed by atoms with Crippen molar-refractivity contribution in [2.45, 2.75) is 38.4 Å². The van der Waals surface area contributed by atoms with E-state index in [0.717, 1.165) is 22.4 Å². The summed E-state index contributed by atoms with van der Waals surface area (Å²) in [5.41, 5.74) is 5.01. The molecule has 6 rings (SSSR count). The zero-order valence-corrected chi connectivity index (χ0v) is 27.4. The van der Waals surface area contributed by atoms with Crippen LogP contribution in [0.25, 0.3) is 0 Å². The van der Waals surface area contributed by atoms with Crippen LogP contribution in [-0.4, -0.2) is 27.5 Å². The van der Waals surface area contributed by atoms with Crippen molar-refractivity contribution in [3.05, 3.63) is 144 Å². The Morgan fingerprint density at radius 3 is 1.98 bits per heavy atom. The van der Waals surface area contributed by atoms with Crippen molar-refractivity contribution in [2.75, 3.05) is 27.7 Å². The fourth-order valence-electron chi connectivity index (χ4n) is 5.76. The van der Waals surface area contributed by atoms with Gasteiger partial charge < -0.3 is 14.4 Å². The molecule has 0 bridgehead atoms. The molecule has 47 heavy (non-hydrogen) atoms. The normalized spacial score (nSPS) is 14.4. The maximum atomic E-state index is 14.6. The zero-order valence-electron chi connectivity index (χ0n) is 26.6. The standard InChI is InChI=1S/C38H37N3O5S/c1-4-45-32-19-13-29(14-20-32)37-40(26-28-9-7-6-8-10-28)36-24-23-34(47(43,44)39-30-15-21-33(22-16-30)46-5-2)25-35(36)38(42)41(37)31-17-11-27(3)12-18-31/h6-25,37,39H,4-5,26H2,1-3H3/t37-/m0/s1. The van der Waals surface area contributed by atoms with Crippen molar-refractivity contribution < 1.29 is 22.7 Å². The minimum atomic E-state index is -4.03. The number of hydrogen-bond donors (Lipinski definition) is 1. The molecule has 0 aliphatic carbocycles. The number of fused-ring (bicyclic) bond motifs is 1. The van der Waals surface area contributed by atoms with E-state index in [2.05, 4.69) is 9.62 Å². The minimum absolute atomic E-state index is 0.0125. The van der Waals surface area contributed by atoms with Crippen LogP contribution in [0.15, 0.2) is 126 Å². The molecule has 1 aliphatic heterocycles. The van der Waals surface area contributed by atoms with Gasteiger partial charge in [-0.3, -0.25) is 14.4 Å². The van der Waals surface area contributed by atoms with Gasteiger partial charge in [0, 0.05) is 17.9 Å². The van der Waals surface area contributed by atoms with Crippen molar-refractivity contribution in [1.29, 1.82) is 0 Å². The summed E-state index contributed by atoms with van der Waals surface area (Å²) in [6.45, 7) is 7.34. The number of carbonyl (C=O) groups excluding carboxylic acids is 1. The summed E-state index contributed by atoms with van der Waals surface area (Å²) in [4.78, 5) is 18.5. The van der Waals surface area contributed by atoms with Crippen molar-refractivity contribution in [3.8, 4) is 11.5 Å². The maximum Gasteiger partial charge on any atom is 0.262 e. The van der Waals surface area contributed by atoms with Crippen LogP contribution in [0.1, 0.15) is 47.1 Å². The molecule has 5 aromatic rings. The second-order valence-electron chi connectivity index (χ2n) is 11.2. The van der Waals surface area contributed by atoms with Crippen molar-refractivity contribution in [3.63, 3.8) is 0 Å². The van der Waals surface area contributed by atoms with Crippen LogP contribution in [0.2, 0.25) is 0 Å². The third kappa shape index (κ3) is 6.80. The average molecular weight is 648 g/mol. The number of nitrogens with one attached hydrogen (secondary N) is 1. The highest BCUT2D eigenvalue weighted by molar-refractivity contribution is 7.92. The molecule has 1 atom stereocenters. The van der Waals surface area contributed by atoms with Gasteiger partial charge in [0.05, 0.1) is 29.4 Å². The highest BCUT2D eigenvalue weighted by atomic mass is 32.2. The lowest BCUT2D eigenvalue weighted by molar-refractivity contribution is 0.0968. The first-order valence-electron chi connectivity index (χ1n) is 15.6. The third-order valence-electron chi connectivity index (χ3n) is 7.99. The highest BCUT2D eigenvalue weighted by Gasteiger charge is 2.40. The number of amides is 1. The van der Waals surface area contributed by atoms with E-state index in [0.29, 0.717) is 48.1 Å². The molecule has 0 fully saturated rings. The molecule has 1 aliphatic rings. The average Bonchev–Trinajstić information content (AvgIpc) is 3.08. The molecule has 0 saturated heterocycles. The van der Waals surface area contributed by atoms with Crippen LogP contribution in [0, 0.1) is 6.92 Å². The van der Waals surface area contributed by atoms with Crippen LogP contribution in [0.4, 0.5) is 17.1 Å². The molecule has 8 nitrogen and oxygen atoms in total. The SMILES string of the molecule is CCOc1ccc(NS(=O)(=O)c2ccc3c(c2)C(=O)N(c2ccc(C)cc2)[C@@H](c2ccc(OCC)cc2)N3Cc2ccccc2)cc1. The van der Waals surface area contributed by atoms with Crippen molar-refractivity contribution >= 4 is 33.0 Å². The van der Waals surface area contributed by atoms with Gasteiger partial charge in [-0.1, -0.05) is 60.2 Å². The molecule has 240 valence electrons. The Labute approximate surface area is 276 Å². The van der Waals surface area contributed by atoms with Crippen LogP contribution >= 0.6 is 0 Å². The summed E-state index contributed by atoms with van der Waals surface area (Å²) in [6.07, 6.45) is -0.530. The van der Waals surface area contributed by atoms with Gasteiger partial charge in [0.25, 0.3) is 15.9 Å². The number of anilines is 3. The van der Waals surface area contributed by atoms with Gasteiger partial charge in [0.1, 0.15) is 17.7 Å². The second kappa shape index (κ2) is 13.6. The van der Waals surface area contributed by atoms with Gasteiger partial charge in [0.2, 0.25) is 0 Å². The minimum Gasteiger partial charge on any atom is -0.494 e. The number of benzene rings is 5. The summed E-state index contributed by atoms with van der Waals surface area (Å²) >= 11 is 0. The Morgan fingerprint density at radius 1 is 0.745 bits per heavy atom. The number of ether oxygens (including phenoxy) is 2. The number of aryl methyl sites for hydroxylation is 1. The summed E-state index contributed by atoms with van der Waals surface area (Å²) in [5.74, 6) is 1.09. The lowest BCUT2D eigenvalue weighted by Crippen LogP contribution is -2.49. The van der Waals surface area contributed by atoms with Crippen LogP contribution in [0.5, 0.6) is 11.5 Å². The van der Waals surface area contributed by atoms with E-state index in [4.69, 9.17) is 9.47 Å². The molecule has 9 heteroatoms. The predicted octanol–water partition coefficient (Wildman–Crippen LogP) is 7.96. The summed E-state index contributed by atoms with van der Waals surface area (Å²) in [6, 6.07) is 37.1. The zero-order chi connectivity index (χ0) is 33.0. The molecule has 0 radical (unpaired) electrons. The Hall–Kier alpha value is -5.28. The first-order chi connectivity index (χ1) is 22.8. The van der Waals surface area contributed by atoms with Gasteiger partial charge in [-0.15, -0.1) is 0 Å². The smallest absolute Gasteiger partial charge is 0.262 e. The lowest BCUT2D eigenvalue weighted by Gasteiger charge is -2.46. The summed E-state index contributed by atoms with van der Waals surface area (Å²) < 4.78 is 41.1. The topological polar surface area (TPSA) is 88.2 Å². The Morgan fingerprint density at radius 2 is 1.36 bits per heavy atom. The molecule has 0 aromatic heterocycles. The van der Waals surface area contributed by atoms with Crippen LogP contribution < -0.4 is 24.0 Å². The van der Waals surface area contributed by atoms with E-state index < -0.39 is 16.2 Å². The molecule has 5 aromatic carbocycles. The number of sulfonamides is 1. The van der Waals surface area contributed by atoms with Crippen LogP contribution in [0.3, 0.4) is 0 Å². The van der Waals surface area contributed by atoms with E-state index in [1.165, 1.54) is 6.07 Å². The van der Waals surface area contributed by atoms with E-state index in [-0.39, 0.29) is 10.8 Å². The number of carbonyl (C=O) groups is 1. The summed E-state index contributed by atoms with van der Waals surface area (Å²) in [5, 5.41) is 0. The molecule has 1 amide bonds. The van der Waals surface area contributed by atoms with Crippen molar-refractivity contribution in [2.24, 2.45) is 0 Å². The Balaban J connectivity index is 1.47. The monoisotopic (exact) mass is 647 g/mol. The fraction of sp³-hybridized carbons (Fsp3) is 0.184. The van der Waals surface area contributed by atoms with Crippen molar-refractivity contribution in [1.82, 2.24) is 0 Å². The largest absolute Gasteiger partial charge is 0.494 e. The molecular weight excluding hydrogens is 611 g/mol. The van der Waals surface area contributed by atoms with Crippen LogP contribution in [-0.2, 0) is 16.6 Å². The molecule has 0 unspecified atom stereocenters. The second-order valence-corrected chi connectivity index (χ2v) is 12.9. The first-order valence-corrected chi connectivity index (χ1v) is 17.1. The molecular formula is C38H37N3O5S. The van der Waals surface area contributed by atoms with E-state index in [9.17, 15) is 13.2 Å². The van der Waals surface area contributed by atoms with Gasteiger partial charge >= 0.3 is 0 Å².